The second kappa shape index (κ2) is 8.24. The smallest absolute Gasteiger partial charge is 0.116 e. The van der Waals surface area contributed by atoms with Crippen molar-refractivity contribution in [3.05, 3.63) is 121 Å². The van der Waals surface area contributed by atoms with Crippen LogP contribution in [0.25, 0.3) is 44.3 Å². The topological polar surface area (TPSA) is 51.6 Å². The number of rotatable bonds is 4. The Balaban J connectivity index is 1.38. The van der Waals surface area contributed by atoms with Crippen LogP contribution in [0.4, 0.5) is 0 Å². The van der Waals surface area contributed by atoms with Crippen LogP contribution in [0.3, 0.4) is 0 Å². The molecule has 0 atom stereocenters. The summed E-state index contributed by atoms with van der Waals surface area (Å²) in [7, 11) is 0. The van der Waals surface area contributed by atoms with Crippen LogP contribution in [0.2, 0.25) is 0 Å². The standard InChI is InChI=1S/C29H20N4/c1-3-13-26-24(11-1)28(32-18-30-26)22-9-5-7-20(16-22)15-21-8-6-10-23(17-21)29-25-12-2-4-14-27(25)31-19-33-29/h1-14,16-19H,15H2/i18D,19D. The zero-order valence-electron chi connectivity index (χ0n) is 19.7. The van der Waals surface area contributed by atoms with Crippen molar-refractivity contribution in [1.29, 1.82) is 0 Å². The fourth-order valence-corrected chi connectivity index (χ4v) is 4.25. The van der Waals surface area contributed by atoms with E-state index in [9.17, 15) is 0 Å². The molecule has 4 nitrogen and oxygen atoms in total. The minimum atomic E-state index is 0.0163. The Hall–Kier alpha value is -4.44. The van der Waals surface area contributed by atoms with Gasteiger partial charge in [0.1, 0.15) is 15.3 Å². The Morgan fingerprint density at radius 1 is 0.515 bits per heavy atom. The van der Waals surface area contributed by atoms with Gasteiger partial charge in [-0.3, -0.25) is 0 Å². The average molecular weight is 427 g/mol. The molecule has 0 radical (unpaired) electrons. The van der Waals surface area contributed by atoms with E-state index in [0.717, 1.165) is 61.9 Å². The lowest BCUT2D eigenvalue weighted by atomic mass is 9.97. The number of nitrogens with zero attached hydrogens (tertiary/aromatic N) is 4. The highest BCUT2D eigenvalue weighted by molar-refractivity contribution is 5.93. The van der Waals surface area contributed by atoms with E-state index in [-0.39, 0.29) is 12.6 Å². The van der Waals surface area contributed by atoms with E-state index < -0.39 is 0 Å². The molecule has 0 aliphatic heterocycles. The van der Waals surface area contributed by atoms with E-state index in [1.54, 1.807) is 0 Å². The molecule has 0 aliphatic carbocycles. The van der Waals surface area contributed by atoms with Gasteiger partial charge in [0.25, 0.3) is 0 Å². The van der Waals surface area contributed by atoms with Gasteiger partial charge in [0.05, 0.1) is 22.4 Å². The van der Waals surface area contributed by atoms with Gasteiger partial charge in [-0.1, -0.05) is 72.8 Å². The molecule has 0 bridgehead atoms. The second-order valence-electron chi connectivity index (χ2n) is 7.96. The largest absolute Gasteiger partial charge is 0.236 e. The third-order valence-electron chi connectivity index (χ3n) is 5.79. The van der Waals surface area contributed by atoms with E-state index >= 15 is 0 Å². The van der Waals surface area contributed by atoms with Crippen LogP contribution < -0.4 is 0 Å². The maximum Gasteiger partial charge on any atom is 0.116 e. The van der Waals surface area contributed by atoms with Crippen molar-refractivity contribution in [2.45, 2.75) is 6.42 Å². The van der Waals surface area contributed by atoms with Crippen molar-refractivity contribution < 1.29 is 2.74 Å². The first-order valence-corrected chi connectivity index (χ1v) is 10.8. The maximum atomic E-state index is 8.03. The molecule has 4 aromatic carbocycles. The van der Waals surface area contributed by atoms with Crippen LogP contribution in [-0.2, 0) is 6.42 Å². The fourth-order valence-electron chi connectivity index (χ4n) is 4.25. The molecule has 0 fully saturated rings. The van der Waals surface area contributed by atoms with E-state index in [1.165, 1.54) is 0 Å². The summed E-state index contributed by atoms with van der Waals surface area (Å²) in [6.07, 6.45) is 0.764. The normalized spacial score (nSPS) is 12.0. The minimum absolute atomic E-state index is 0.0163. The fraction of sp³-hybridized carbons (Fsp3) is 0.0345. The SMILES string of the molecule is [2H]c1nc(-c2cccc(Cc3cccc(-c4nc([2H])nc5ccccc45)c3)c2)c2ccccc2n1. The third kappa shape index (κ3) is 3.72. The van der Waals surface area contributed by atoms with Gasteiger partial charge < -0.3 is 0 Å². The molecule has 2 heterocycles. The van der Waals surface area contributed by atoms with Crippen molar-refractivity contribution in [1.82, 2.24) is 19.9 Å². The van der Waals surface area contributed by atoms with Gasteiger partial charge in [-0.2, -0.15) is 0 Å². The monoisotopic (exact) mass is 426 g/mol. The number of hydrogen-bond donors (Lipinski definition) is 0. The Labute approximate surface area is 194 Å². The average Bonchev–Trinajstić information content (AvgIpc) is 2.88. The zero-order valence-corrected chi connectivity index (χ0v) is 17.7. The predicted molar refractivity (Wildman–Crippen MR) is 133 cm³/mol. The van der Waals surface area contributed by atoms with Gasteiger partial charge >= 0.3 is 0 Å². The van der Waals surface area contributed by atoms with E-state index in [0.29, 0.717) is 0 Å². The lowest BCUT2D eigenvalue weighted by Gasteiger charge is -2.10. The summed E-state index contributed by atoms with van der Waals surface area (Å²) >= 11 is 0. The quantitative estimate of drug-likeness (QED) is 0.323. The van der Waals surface area contributed by atoms with Crippen molar-refractivity contribution >= 4 is 21.8 Å². The van der Waals surface area contributed by atoms with Gasteiger partial charge in [-0.25, -0.2) is 19.9 Å². The summed E-state index contributed by atoms with van der Waals surface area (Å²) in [5.74, 6) is 0. The maximum absolute atomic E-state index is 8.03. The Morgan fingerprint density at radius 2 is 1.00 bits per heavy atom. The first-order chi connectivity index (χ1) is 17.1. The number of benzene rings is 4. The molecular formula is C29H20N4. The van der Waals surface area contributed by atoms with Crippen molar-refractivity contribution in [2.75, 3.05) is 0 Å². The summed E-state index contributed by atoms with van der Waals surface area (Å²) in [6.45, 7) is 0. The highest BCUT2D eigenvalue weighted by Gasteiger charge is 2.09. The summed E-state index contributed by atoms with van der Waals surface area (Å²) in [4.78, 5) is 17.4. The van der Waals surface area contributed by atoms with Crippen LogP contribution in [0.15, 0.2) is 110 Å². The Kier molecular flexibility index (Phi) is 4.29. The number of hydrogen-bond acceptors (Lipinski definition) is 4. The molecule has 0 saturated carbocycles. The molecule has 6 aromatic rings. The minimum Gasteiger partial charge on any atom is -0.236 e. The summed E-state index contributed by atoms with van der Waals surface area (Å²) in [6, 6.07) is 32.1. The first kappa shape index (κ1) is 17.2. The molecule has 0 amide bonds. The Bertz CT molecular complexity index is 1590. The van der Waals surface area contributed by atoms with Crippen molar-refractivity contribution in [2.24, 2.45) is 0 Å². The van der Waals surface area contributed by atoms with Gasteiger partial charge in [-0.15, -0.1) is 0 Å². The Morgan fingerprint density at radius 3 is 1.52 bits per heavy atom. The van der Waals surface area contributed by atoms with Crippen LogP contribution in [0, 0.1) is 0 Å². The van der Waals surface area contributed by atoms with Crippen LogP contribution >= 0.6 is 0 Å². The lowest BCUT2D eigenvalue weighted by Crippen LogP contribution is -1.93. The van der Waals surface area contributed by atoms with Crippen LogP contribution in [-0.4, -0.2) is 19.9 Å². The molecule has 0 spiro atoms. The number of aromatic nitrogens is 4. The molecule has 6 rings (SSSR count). The molecule has 33 heavy (non-hydrogen) atoms. The molecule has 156 valence electrons. The first-order valence-electron chi connectivity index (χ1n) is 11.8. The molecular weight excluding hydrogens is 404 g/mol. The van der Waals surface area contributed by atoms with Crippen LogP contribution in [0.1, 0.15) is 13.9 Å². The highest BCUT2D eigenvalue weighted by atomic mass is 14.8. The molecule has 0 saturated heterocycles. The zero-order chi connectivity index (χ0) is 23.8. The third-order valence-corrected chi connectivity index (χ3v) is 5.79. The molecule has 0 N–H and O–H groups in total. The van der Waals surface area contributed by atoms with Crippen LogP contribution in [0.5, 0.6) is 0 Å². The lowest BCUT2D eigenvalue weighted by molar-refractivity contribution is 1.18. The molecule has 4 heteroatoms. The van der Waals surface area contributed by atoms with Gasteiger partial charge in [0.15, 0.2) is 0 Å². The summed E-state index contributed by atoms with van der Waals surface area (Å²) < 4.78 is 16.1. The number of fused-ring (bicyclic) bond motifs is 2. The van der Waals surface area contributed by atoms with Crippen molar-refractivity contribution in [3.63, 3.8) is 0 Å². The van der Waals surface area contributed by atoms with Crippen molar-refractivity contribution in [3.8, 4) is 22.5 Å². The number of para-hydroxylation sites is 2. The molecule has 2 aromatic heterocycles. The van der Waals surface area contributed by atoms with E-state index in [2.05, 4.69) is 44.2 Å². The summed E-state index contributed by atoms with van der Waals surface area (Å²) in [5, 5.41) is 1.87. The van der Waals surface area contributed by atoms with E-state index in [4.69, 9.17) is 2.74 Å². The highest BCUT2D eigenvalue weighted by Crippen LogP contribution is 2.28. The van der Waals surface area contributed by atoms with E-state index in [1.807, 2.05) is 72.8 Å². The second-order valence-corrected chi connectivity index (χ2v) is 7.96. The molecule has 0 aliphatic rings. The van der Waals surface area contributed by atoms with Gasteiger partial charge in [-0.05, 0) is 41.8 Å². The van der Waals surface area contributed by atoms with Gasteiger partial charge in [0.2, 0.25) is 0 Å². The van der Waals surface area contributed by atoms with Gasteiger partial charge in [0, 0.05) is 21.9 Å². The summed E-state index contributed by atoms with van der Waals surface area (Å²) in [5.41, 5.74) is 7.29. The molecule has 0 unspecified atom stereocenters. The predicted octanol–water partition coefficient (Wildman–Crippen LogP) is 6.50.